The lowest BCUT2D eigenvalue weighted by atomic mass is 10.2. The maximum Gasteiger partial charge on any atom is 0.343 e. The van der Waals surface area contributed by atoms with E-state index in [1.807, 2.05) is 37.3 Å². The van der Waals surface area contributed by atoms with E-state index in [2.05, 4.69) is 0 Å². The zero-order valence-corrected chi connectivity index (χ0v) is 9.37. The van der Waals surface area contributed by atoms with Crippen LogP contribution in [0.2, 0.25) is 0 Å². The third-order valence-corrected chi connectivity index (χ3v) is 2.74. The van der Waals surface area contributed by atoms with Gasteiger partial charge < -0.3 is 9.84 Å². The van der Waals surface area contributed by atoms with Crippen LogP contribution in [0.3, 0.4) is 0 Å². The van der Waals surface area contributed by atoms with E-state index in [4.69, 9.17) is 9.84 Å². The Morgan fingerprint density at radius 2 is 2.13 bits per heavy atom. The van der Waals surface area contributed by atoms with Crippen LogP contribution in [0.1, 0.15) is 12.5 Å². The van der Waals surface area contributed by atoms with Crippen molar-refractivity contribution < 1.29 is 14.6 Å². The van der Waals surface area contributed by atoms with Crippen molar-refractivity contribution in [3.63, 3.8) is 0 Å². The van der Waals surface area contributed by atoms with Crippen molar-refractivity contribution in [2.75, 3.05) is 5.75 Å². The summed E-state index contributed by atoms with van der Waals surface area (Å²) in [5.74, 6) is -0.191. The second kappa shape index (κ2) is 6.48. The lowest BCUT2D eigenvalue weighted by Crippen LogP contribution is -2.20. The molecule has 0 aliphatic rings. The Morgan fingerprint density at radius 3 is 2.67 bits per heavy atom. The maximum atomic E-state index is 10.8. The smallest absolute Gasteiger partial charge is 0.343 e. The van der Waals surface area contributed by atoms with Gasteiger partial charge in [0.1, 0.15) is 0 Å². The summed E-state index contributed by atoms with van der Waals surface area (Å²) in [7, 11) is 0. The molecule has 0 saturated heterocycles. The van der Waals surface area contributed by atoms with Gasteiger partial charge in [-0.3, -0.25) is 0 Å². The Balaban J connectivity index is 2.43. The van der Waals surface area contributed by atoms with E-state index in [1.165, 1.54) is 11.8 Å². The minimum absolute atomic E-state index is 0.338. The van der Waals surface area contributed by atoms with Crippen LogP contribution >= 0.6 is 11.8 Å². The van der Waals surface area contributed by atoms with Crippen LogP contribution in [0.4, 0.5) is 0 Å². The molecule has 0 bridgehead atoms. The number of carboxylic acid groups (broad SMARTS) is 1. The molecule has 1 N–H and O–H groups in total. The molecule has 0 fully saturated rings. The minimum atomic E-state index is -0.919. The van der Waals surface area contributed by atoms with Gasteiger partial charge in [0.05, 0.1) is 6.61 Å². The van der Waals surface area contributed by atoms with Crippen molar-refractivity contribution in [3.05, 3.63) is 35.9 Å². The van der Waals surface area contributed by atoms with Crippen LogP contribution < -0.4 is 0 Å². The fourth-order valence-electron chi connectivity index (χ4n) is 1.09. The highest BCUT2D eigenvalue weighted by atomic mass is 32.2. The number of rotatable bonds is 6. The largest absolute Gasteiger partial charge is 0.479 e. The summed E-state index contributed by atoms with van der Waals surface area (Å²) in [4.78, 5) is 10.8. The van der Waals surface area contributed by atoms with E-state index in [1.54, 1.807) is 0 Å². The molecule has 0 amide bonds. The minimum Gasteiger partial charge on any atom is -0.479 e. The zero-order chi connectivity index (χ0) is 11.1. The normalized spacial score (nSPS) is 12.3. The van der Waals surface area contributed by atoms with Gasteiger partial charge in [0.25, 0.3) is 0 Å². The van der Waals surface area contributed by atoms with Crippen LogP contribution in [0, 0.1) is 0 Å². The molecule has 1 aromatic rings. The van der Waals surface area contributed by atoms with Crippen LogP contribution in [0.5, 0.6) is 0 Å². The van der Waals surface area contributed by atoms with Gasteiger partial charge in [-0.25, -0.2) is 4.79 Å². The highest BCUT2D eigenvalue weighted by molar-refractivity contribution is 8.00. The van der Waals surface area contributed by atoms with Gasteiger partial charge in [-0.2, -0.15) is 0 Å². The number of benzene rings is 1. The van der Waals surface area contributed by atoms with Gasteiger partial charge in [-0.1, -0.05) is 37.3 Å². The lowest BCUT2D eigenvalue weighted by Gasteiger charge is -2.11. The molecule has 0 aromatic heterocycles. The quantitative estimate of drug-likeness (QED) is 0.756. The first-order chi connectivity index (χ1) is 7.24. The molecule has 1 rings (SSSR count). The van der Waals surface area contributed by atoms with E-state index >= 15 is 0 Å². The summed E-state index contributed by atoms with van der Waals surface area (Å²) < 4.78 is 5.29. The van der Waals surface area contributed by atoms with Crippen molar-refractivity contribution >= 4 is 17.7 Å². The third kappa shape index (κ3) is 4.36. The Morgan fingerprint density at radius 1 is 1.47 bits per heavy atom. The first-order valence-electron chi connectivity index (χ1n) is 4.74. The molecular formula is C11H14O3S. The molecule has 1 atom stereocenters. The summed E-state index contributed by atoms with van der Waals surface area (Å²) in [5.41, 5.74) is 0.218. The van der Waals surface area contributed by atoms with E-state index in [-0.39, 0.29) is 0 Å². The number of carbonyl (C=O) groups is 1. The molecule has 0 spiro atoms. The molecule has 1 aromatic carbocycles. The van der Waals surface area contributed by atoms with Crippen LogP contribution in [0.15, 0.2) is 30.3 Å². The fraction of sp³-hybridized carbons (Fsp3) is 0.364. The molecule has 0 saturated carbocycles. The Kier molecular flexibility index (Phi) is 5.21. The zero-order valence-electron chi connectivity index (χ0n) is 8.55. The molecule has 0 aliphatic heterocycles. The number of ether oxygens (including phenoxy) is 1. The predicted molar refractivity (Wildman–Crippen MR) is 60.8 cm³/mol. The fourth-order valence-corrected chi connectivity index (χ4v) is 1.70. The standard InChI is InChI=1S/C11H14O3S/c1-2-15-11(10(12)13)14-8-9-6-4-3-5-7-9/h3-7,11H,2,8H2,1H3,(H,12,13). The van der Waals surface area contributed by atoms with Gasteiger partial charge in [-0.15, -0.1) is 11.8 Å². The average molecular weight is 226 g/mol. The lowest BCUT2D eigenvalue weighted by molar-refractivity contribution is -0.145. The van der Waals surface area contributed by atoms with Crippen molar-refractivity contribution in [1.29, 1.82) is 0 Å². The van der Waals surface area contributed by atoms with Gasteiger partial charge in [0.15, 0.2) is 0 Å². The van der Waals surface area contributed by atoms with Crippen molar-refractivity contribution in [1.82, 2.24) is 0 Å². The van der Waals surface area contributed by atoms with Crippen molar-refractivity contribution in [2.24, 2.45) is 0 Å². The molecular weight excluding hydrogens is 212 g/mol. The number of hydrogen-bond acceptors (Lipinski definition) is 3. The maximum absolute atomic E-state index is 10.8. The average Bonchev–Trinajstić information content (AvgIpc) is 2.25. The van der Waals surface area contributed by atoms with Crippen molar-refractivity contribution in [3.8, 4) is 0 Å². The monoisotopic (exact) mass is 226 g/mol. The molecule has 3 nitrogen and oxygen atoms in total. The number of carboxylic acids is 1. The molecule has 15 heavy (non-hydrogen) atoms. The highest BCUT2D eigenvalue weighted by Crippen LogP contribution is 2.14. The first-order valence-corrected chi connectivity index (χ1v) is 5.79. The number of thioether (sulfide) groups is 1. The van der Waals surface area contributed by atoms with Gasteiger partial charge >= 0.3 is 5.97 Å². The van der Waals surface area contributed by atoms with E-state index in [9.17, 15) is 4.79 Å². The topological polar surface area (TPSA) is 46.5 Å². The summed E-state index contributed by atoms with van der Waals surface area (Å²) in [6.07, 6.45) is 0. The Hall–Kier alpha value is -1.00. The Bertz CT molecular complexity index is 300. The van der Waals surface area contributed by atoms with E-state index in [0.29, 0.717) is 6.61 Å². The SMILES string of the molecule is CCSC(OCc1ccccc1)C(=O)O. The molecule has 4 heteroatoms. The highest BCUT2D eigenvalue weighted by Gasteiger charge is 2.17. The first kappa shape index (κ1) is 12.1. The van der Waals surface area contributed by atoms with Crippen LogP contribution in [-0.2, 0) is 16.1 Å². The number of aliphatic carboxylic acids is 1. The Labute approximate surface area is 93.4 Å². The molecule has 0 radical (unpaired) electrons. The van der Waals surface area contributed by atoms with Gasteiger partial charge in [0.2, 0.25) is 5.44 Å². The molecule has 0 heterocycles. The summed E-state index contributed by atoms with van der Waals surface area (Å²) in [6, 6.07) is 9.55. The van der Waals surface area contributed by atoms with Crippen LogP contribution in [-0.4, -0.2) is 22.3 Å². The molecule has 82 valence electrons. The summed E-state index contributed by atoms with van der Waals surface area (Å²) in [5, 5.41) is 8.84. The third-order valence-electron chi connectivity index (χ3n) is 1.76. The number of hydrogen-bond donors (Lipinski definition) is 1. The van der Waals surface area contributed by atoms with E-state index in [0.717, 1.165) is 11.3 Å². The predicted octanol–water partition coefficient (Wildman–Crippen LogP) is 2.37. The second-order valence-corrected chi connectivity index (χ2v) is 4.26. The van der Waals surface area contributed by atoms with Gasteiger partial charge in [-0.05, 0) is 11.3 Å². The van der Waals surface area contributed by atoms with Gasteiger partial charge in [0, 0.05) is 0 Å². The summed E-state index contributed by atoms with van der Waals surface area (Å²) >= 11 is 1.28. The summed E-state index contributed by atoms with van der Waals surface area (Å²) in [6.45, 7) is 2.25. The van der Waals surface area contributed by atoms with Crippen molar-refractivity contribution in [2.45, 2.75) is 19.0 Å². The van der Waals surface area contributed by atoms with Crippen LogP contribution in [0.25, 0.3) is 0 Å². The van der Waals surface area contributed by atoms with E-state index < -0.39 is 11.4 Å². The molecule has 0 aliphatic carbocycles. The second-order valence-electron chi connectivity index (χ2n) is 2.92. The molecule has 1 unspecified atom stereocenters.